The van der Waals surface area contributed by atoms with E-state index in [1.165, 1.54) is 16.5 Å². The minimum absolute atomic E-state index is 0.855. The molecule has 1 N–H and O–H groups in total. The third kappa shape index (κ3) is 1.95. The number of nitrogens with one attached hydrogen (secondary N) is 1. The fourth-order valence-corrected chi connectivity index (χ4v) is 1.86. The molecule has 78 valence electrons. The zero-order valence-corrected chi connectivity index (χ0v) is 9.20. The van der Waals surface area contributed by atoms with Crippen LogP contribution >= 0.6 is 0 Å². The lowest BCUT2D eigenvalue weighted by Crippen LogP contribution is -2.28. The van der Waals surface area contributed by atoms with Gasteiger partial charge in [-0.25, -0.2) is 0 Å². The number of hydrogen-bond acceptors (Lipinski definition) is 2. The molecule has 2 heteroatoms. The van der Waals surface area contributed by atoms with Crippen molar-refractivity contribution in [2.75, 3.05) is 25.7 Å². The maximum Gasteiger partial charge on any atom is 0.0676 e. The largest absolute Gasteiger partial charge is 0.361 e. The van der Waals surface area contributed by atoms with Crippen LogP contribution < -0.4 is 10.2 Å². The summed E-state index contributed by atoms with van der Waals surface area (Å²) in [6.07, 6.45) is 0. The quantitative estimate of drug-likeness (QED) is 0.766. The van der Waals surface area contributed by atoms with Gasteiger partial charge in [-0.3, -0.25) is 0 Å². The molecule has 2 rings (SSSR count). The molecular formula is C13H16N2. The summed E-state index contributed by atoms with van der Waals surface area (Å²) in [5, 5.41) is 5.75. The molecule has 15 heavy (non-hydrogen) atoms. The number of nitrogens with zero attached hydrogens (tertiary/aromatic N) is 1. The molecule has 0 unspecified atom stereocenters. The SMILES string of the molecule is CNCN(C)c1cccc2ccccc12. The molecule has 0 atom stereocenters. The summed E-state index contributed by atoms with van der Waals surface area (Å²) in [5.41, 5.74) is 1.27. The van der Waals surface area contributed by atoms with Crippen LogP contribution in [0.3, 0.4) is 0 Å². The first-order valence-corrected chi connectivity index (χ1v) is 5.16. The van der Waals surface area contributed by atoms with Crippen molar-refractivity contribution in [3.05, 3.63) is 42.5 Å². The van der Waals surface area contributed by atoms with E-state index in [0.29, 0.717) is 0 Å². The molecule has 0 saturated carbocycles. The van der Waals surface area contributed by atoms with Crippen LogP contribution in [-0.4, -0.2) is 20.8 Å². The lowest BCUT2D eigenvalue weighted by atomic mass is 10.1. The van der Waals surface area contributed by atoms with Gasteiger partial charge in [0.05, 0.1) is 6.67 Å². The van der Waals surface area contributed by atoms with Gasteiger partial charge in [-0.15, -0.1) is 0 Å². The Morgan fingerprint density at radius 1 is 1.07 bits per heavy atom. The molecule has 0 aliphatic carbocycles. The van der Waals surface area contributed by atoms with E-state index in [2.05, 4.69) is 59.7 Å². The number of benzene rings is 2. The molecular weight excluding hydrogens is 184 g/mol. The lowest BCUT2D eigenvalue weighted by molar-refractivity contribution is 0.778. The van der Waals surface area contributed by atoms with Gasteiger partial charge >= 0.3 is 0 Å². The van der Waals surface area contributed by atoms with Crippen LogP contribution in [0.2, 0.25) is 0 Å². The third-order valence-electron chi connectivity index (χ3n) is 2.57. The van der Waals surface area contributed by atoms with Gasteiger partial charge in [-0.2, -0.15) is 0 Å². The number of hydrogen-bond donors (Lipinski definition) is 1. The van der Waals surface area contributed by atoms with E-state index in [1.54, 1.807) is 0 Å². The van der Waals surface area contributed by atoms with Gasteiger partial charge < -0.3 is 10.2 Å². The van der Waals surface area contributed by atoms with Crippen LogP contribution in [0.15, 0.2) is 42.5 Å². The molecule has 0 radical (unpaired) electrons. The molecule has 0 aliphatic rings. The standard InChI is InChI=1S/C13H16N2/c1-14-10-15(2)13-9-5-7-11-6-3-4-8-12(11)13/h3-9,14H,10H2,1-2H3. The van der Waals surface area contributed by atoms with Crippen molar-refractivity contribution in [2.24, 2.45) is 0 Å². The first-order chi connectivity index (χ1) is 7.33. The lowest BCUT2D eigenvalue weighted by Gasteiger charge is -2.20. The molecule has 0 saturated heterocycles. The molecule has 0 heterocycles. The van der Waals surface area contributed by atoms with E-state index in [4.69, 9.17) is 0 Å². The van der Waals surface area contributed by atoms with Gasteiger partial charge in [-0.1, -0.05) is 36.4 Å². The molecule has 2 nitrogen and oxygen atoms in total. The summed E-state index contributed by atoms with van der Waals surface area (Å²) in [6, 6.07) is 14.9. The molecule has 2 aromatic carbocycles. The van der Waals surface area contributed by atoms with Crippen LogP contribution in [0.5, 0.6) is 0 Å². The van der Waals surface area contributed by atoms with Crippen LogP contribution in [0.4, 0.5) is 5.69 Å². The summed E-state index contributed by atoms with van der Waals surface area (Å²) in [6.45, 7) is 0.855. The summed E-state index contributed by atoms with van der Waals surface area (Å²) < 4.78 is 0. The minimum atomic E-state index is 0.855. The summed E-state index contributed by atoms with van der Waals surface area (Å²) >= 11 is 0. The Balaban J connectivity index is 2.50. The highest BCUT2D eigenvalue weighted by Crippen LogP contribution is 2.25. The first-order valence-electron chi connectivity index (χ1n) is 5.16. The topological polar surface area (TPSA) is 15.3 Å². The maximum atomic E-state index is 3.16. The van der Waals surface area contributed by atoms with Crippen molar-refractivity contribution in [3.8, 4) is 0 Å². The van der Waals surface area contributed by atoms with Crippen LogP contribution in [0, 0.1) is 0 Å². The predicted molar refractivity (Wildman–Crippen MR) is 66.3 cm³/mol. The van der Waals surface area contributed by atoms with Gasteiger partial charge in [0.2, 0.25) is 0 Å². The van der Waals surface area contributed by atoms with Crippen molar-refractivity contribution in [3.63, 3.8) is 0 Å². The maximum absolute atomic E-state index is 3.16. The van der Waals surface area contributed by atoms with Crippen molar-refractivity contribution in [2.45, 2.75) is 0 Å². The highest BCUT2D eigenvalue weighted by molar-refractivity contribution is 5.94. The van der Waals surface area contributed by atoms with Crippen LogP contribution in [0.1, 0.15) is 0 Å². The highest BCUT2D eigenvalue weighted by Gasteiger charge is 2.03. The van der Waals surface area contributed by atoms with Gasteiger partial charge in [0.15, 0.2) is 0 Å². The smallest absolute Gasteiger partial charge is 0.0676 e. The Morgan fingerprint density at radius 2 is 1.80 bits per heavy atom. The second-order valence-corrected chi connectivity index (χ2v) is 3.71. The molecule has 0 aliphatic heterocycles. The van der Waals surface area contributed by atoms with Crippen LogP contribution in [0.25, 0.3) is 10.8 Å². The van der Waals surface area contributed by atoms with E-state index >= 15 is 0 Å². The van der Waals surface area contributed by atoms with Crippen molar-refractivity contribution >= 4 is 16.5 Å². The molecule has 0 aromatic heterocycles. The molecule has 0 fully saturated rings. The Bertz CT molecular complexity index is 446. The Labute approximate surface area is 90.5 Å². The summed E-state index contributed by atoms with van der Waals surface area (Å²) in [5.74, 6) is 0. The van der Waals surface area contributed by atoms with E-state index in [0.717, 1.165) is 6.67 Å². The monoisotopic (exact) mass is 200 g/mol. The van der Waals surface area contributed by atoms with Gasteiger partial charge in [0.1, 0.15) is 0 Å². The Kier molecular flexibility index (Phi) is 2.88. The minimum Gasteiger partial charge on any atom is -0.361 e. The number of fused-ring (bicyclic) bond motifs is 1. The van der Waals surface area contributed by atoms with Crippen LogP contribution in [-0.2, 0) is 0 Å². The zero-order valence-electron chi connectivity index (χ0n) is 9.20. The number of anilines is 1. The van der Waals surface area contributed by atoms with Gasteiger partial charge in [0.25, 0.3) is 0 Å². The first kappa shape index (κ1) is 9.99. The van der Waals surface area contributed by atoms with Crippen molar-refractivity contribution < 1.29 is 0 Å². The van der Waals surface area contributed by atoms with Crippen molar-refractivity contribution in [1.82, 2.24) is 5.32 Å². The average Bonchev–Trinajstić information content (AvgIpc) is 2.28. The second kappa shape index (κ2) is 4.32. The van der Waals surface area contributed by atoms with E-state index in [9.17, 15) is 0 Å². The third-order valence-corrected chi connectivity index (χ3v) is 2.57. The highest BCUT2D eigenvalue weighted by atomic mass is 15.2. The summed E-state index contributed by atoms with van der Waals surface area (Å²) in [7, 11) is 4.06. The second-order valence-electron chi connectivity index (χ2n) is 3.71. The number of rotatable bonds is 3. The fraction of sp³-hybridized carbons (Fsp3) is 0.231. The Hall–Kier alpha value is -1.54. The normalized spacial score (nSPS) is 10.5. The Morgan fingerprint density at radius 3 is 2.60 bits per heavy atom. The average molecular weight is 200 g/mol. The van der Waals surface area contributed by atoms with Gasteiger partial charge in [-0.05, 0) is 18.5 Å². The van der Waals surface area contributed by atoms with E-state index < -0.39 is 0 Å². The summed E-state index contributed by atoms with van der Waals surface area (Å²) in [4.78, 5) is 2.21. The zero-order chi connectivity index (χ0) is 10.7. The van der Waals surface area contributed by atoms with Gasteiger partial charge in [0, 0.05) is 18.1 Å². The molecule has 2 aromatic rings. The predicted octanol–water partition coefficient (Wildman–Crippen LogP) is 2.45. The molecule has 0 bridgehead atoms. The molecule has 0 spiro atoms. The fourth-order valence-electron chi connectivity index (χ4n) is 1.86. The van der Waals surface area contributed by atoms with E-state index in [-0.39, 0.29) is 0 Å². The van der Waals surface area contributed by atoms with E-state index in [1.807, 2.05) is 7.05 Å². The molecule has 0 amide bonds. The van der Waals surface area contributed by atoms with Crippen molar-refractivity contribution in [1.29, 1.82) is 0 Å².